The molecule has 0 radical (unpaired) electrons. The Balaban J connectivity index is 2.18. The highest BCUT2D eigenvalue weighted by atomic mass is 19.4. The van der Waals surface area contributed by atoms with Crippen LogP contribution >= 0.6 is 0 Å². The largest absolute Gasteiger partial charge is 0.416 e. The lowest BCUT2D eigenvalue weighted by Gasteiger charge is -2.05. The molecule has 0 aromatic heterocycles. The van der Waals surface area contributed by atoms with Crippen LogP contribution in [0, 0.1) is 11.8 Å². The second kappa shape index (κ2) is 5.66. The molecular formula is C17H11F3. The third kappa shape index (κ3) is 3.52. The van der Waals surface area contributed by atoms with E-state index >= 15 is 0 Å². The molecule has 0 heterocycles. The fraction of sp³-hybridized carbons (Fsp3) is 0.0588. The summed E-state index contributed by atoms with van der Waals surface area (Å²) >= 11 is 0. The van der Waals surface area contributed by atoms with Gasteiger partial charge in [0.15, 0.2) is 0 Å². The summed E-state index contributed by atoms with van der Waals surface area (Å²) in [6.45, 7) is 3.65. The third-order valence-corrected chi connectivity index (χ3v) is 2.71. The van der Waals surface area contributed by atoms with E-state index in [0.29, 0.717) is 5.56 Å². The van der Waals surface area contributed by atoms with E-state index in [4.69, 9.17) is 0 Å². The summed E-state index contributed by atoms with van der Waals surface area (Å²) in [6.07, 6.45) is -2.58. The molecule has 0 aliphatic heterocycles. The Kier molecular flexibility index (Phi) is 3.95. The van der Waals surface area contributed by atoms with Gasteiger partial charge in [-0.1, -0.05) is 36.6 Å². The second-order valence-corrected chi connectivity index (χ2v) is 4.15. The van der Waals surface area contributed by atoms with Gasteiger partial charge < -0.3 is 0 Å². The molecule has 3 heteroatoms. The lowest BCUT2D eigenvalue weighted by Crippen LogP contribution is -2.04. The molecule has 20 heavy (non-hydrogen) atoms. The fourth-order valence-corrected chi connectivity index (χ4v) is 1.59. The number of hydrogen-bond donors (Lipinski definition) is 0. The molecule has 0 saturated heterocycles. The number of halogens is 3. The van der Waals surface area contributed by atoms with Crippen LogP contribution in [-0.4, -0.2) is 0 Å². The zero-order valence-electron chi connectivity index (χ0n) is 10.5. The number of alkyl halides is 3. The Labute approximate surface area is 115 Å². The van der Waals surface area contributed by atoms with Crippen LogP contribution in [0.1, 0.15) is 22.3 Å². The molecule has 0 aliphatic carbocycles. The second-order valence-electron chi connectivity index (χ2n) is 4.15. The summed E-state index contributed by atoms with van der Waals surface area (Å²) in [5.74, 6) is 5.74. The SMILES string of the molecule is C=Cc1ccc(C#Cc2ccc(C(F)(F)F)cc2)cc1. The maximum absolute atomic E-state index is 12.4. The number of hydrogen-bond acceptors (Lipinski definition) is 0. The van der Waals surface area contributed by atoms with Gasteiger partial charge in [0.25, 0.3) is 0 Å². The van der Waals surface area contributed by atoms with Gasteiger partial charge in [-0.3, -0.25) is 0 Å². The van der Waals surface area contributed by atoms with E-state index < -0.39 is 11.7 Å². The molecule has 0 unspecified atom stereocenters. The van der Waals surface area contributed by atoms with Gasteiger partial charge in [-0.25, -0.2) is 0 Å². The van der Waals surface area contributed by atoms with E-state index in [1.54, 1.807) is 6.08 Å². The maximum Gasteiger partial charge on any atom is 0.416 e. The van der Waals surface area contributed by atoms with Gasteiger partial charge in [0.05, 0.1) is 5.56 Å². The minimum atomic E-state index is -4.31. The molecule has 0 spiro atoms. The molecule has 0 N–H and O–H groups in total. The molecule has 0 fully saturated rings. The molecule has 0 amide bonds. The molecule has 0 aliphatic rings. The standard InChI is InChI=1S/C17H11F3/c1-2-13-3-5-14(6-4-13)7-8-15-9-11-16(12-10-15)17(18,19)20/h2-6,9-12H,1H2. The molecule has 0 saturated carbocycles. The topological polar surface area (TPSA) is 0 Å². The van der Waals surface area contributed by atoms with Crippen molar-refractivity contribution in [1.82, 2.24) is 0 Å². The van der Waals surface area contributed by atoms with Crippen molar-refractivity contribution in [3.05, 3.63) is 77.4 Å². The summed E-state index contributed by atoms with van der Waals surface area (Å²) in [5.41, 5.74) is 1.67. The van der Waals surface area contributed by atoms with Gasteiger partial charge in [-0.05, 0) is 42.0 Å². The summed E-state index contributed by atoms with van der Waals surface area (Å²) in [5, 5.41) is 0. The summed E-state index contributed by atoms with van der Waals surface area (Å²) in [6, 6.07) is 12.2. The smallest absolute Gasteiger partial charge is 0.166 e. The van der Waals surface area contributed by atoms with Crippen LogP contribution in [0.5, 0.6) is 0 Å². The minimum Gasteiger partial charge on any atom is -0.166 e. The molecule has 2 aromatic carbocycles. The predicted molar refractivity (Wildman–Crippen MR) is 74.0 cm³/mol. The highest BCUT2D eigenvalue weighted by Gasteiger charge is 2.29. The Morgan fingerprint density at radius 1 is 0.800 bits per heavy atom. The van der Waals surface area contributed by atoms with Gasteiger partial charge in [0.2, 0.25) is 0 Å². The Hall–Kier alpha value is -2.47. The van der Waals surface area contributed by atoms with Crippen molar-refractivity contribution < 1.29 is 13.2 Å². The van der Waals surface area contributed by atoms with Crippen LogP contribution in [0.2, 0.25) is 0 Å². The van der Waals surface area contributed by atoms with Gasteiger partial charge in [-0.15, -0.1) is 0 Å². The molecule has 0 atom stereocenters. The lowest BCUT2D eigenvalue weighted by atomic mass is 10.1. The van der Waals surface area contributed by atoms with Crippen LogP contribution in [0.3, 0.4) is 0 Å². The van der Waals surface area contributed by atoms with Crippen molar-refractivity contribution in [1.29, 1.82) is 0 Å². The normalized spacial score (nSPS) is 10.6. The van der Waals surface area contributed by atoms with Crippen molar-refractivity contribution in [3.63, 3.8) is 0 Å². The minimum absolute atomic E-state index is 0.547. The van der Waals surface area contributed by atoms with E-state index in [0.717, 1.165) is 23.3 Å². The molecule has 2 aromatic rings. The first-order valence-corrected chi connectivity index (χ1v) is 5.91. The van der Waals surface area contributed by atoms with E-state index in [2.05, 4.69) is 18.4 Å². The summed E-state index contributed by atoms with van der Waals surface area (Å²) in [4.78, 5) is 0. The fourth-order valence-electron chi connectivity index (χ4n) is 1.59. The van der Waals surface area contributed by atoms with Crippen LogP contribution in [0.4, 0.5) is 13.2 Å². The van der Waals surface area contributed by atoms with Crippen molar-refractivity contribution in [2.45, 2.75) is 6.18 Å². The molecule has 100 valence electrons. The van der Waals surface area contributed by atoms with Crippen molar-refractivity contribution in [2.75, 3.05) is 0 Å². The van der Waals surface area contributed by atoms with Crippen molar-refractivity contribution >= 4 is 6.08 Å². The van der Waals surface area contributed by atoms with E-state index in [1.165, 1.54) is 12.1 Å². The van der Waals surface area contributed by atoms with Crippen molar-refractivity contribution in [3.8, 4) is 11.8 Å². The first kappa shape index (κ1) is 14.0. The average molecular weight is 272 g/mol. The maximum atomic E-state index is 12.4. The number of rotatable bonds is 1. The third-order valence-electron chi connectivity index (χ3n) is 2.71. The molecule has 0 bridgehead atoms. The van der Waals surface area contributed by atoms with E-state index in [1.807, 2.05) is 24.3 Å². The Morgan fingerprint density at radius 3 is 1.65 bits per heavy atom. The first-order valence-electron chi connectivity index (χ1n) is 5.91. The van der Waals surface area contributed by atoms with E-state index in [9.17, 15) is 13.2 Å². The molecule has 2 rings (SSSR count). The predicted octanol–water partition coefficient (Wildman–Crippen LogP) is 4.75. The average Bonchev–Trinajstić information content (AvgIpc) is 2.45. The first-order chi connectivity index (χ1) is 9.49. The van der Waals surface area contributed by atoms with Crippen LogP contribution in [0.15, 0.2) is 55.1 Å². The molecular weight excluding hydrogens is 261 g/mol. The van der Waals surface area contributed by atoms with Gasteiger partial charge in [-0.2, -0.15) is 13.2 Å². The van der Waals surface area contributed by atoms with E-state index in [-0.39, 0.29) is 0 Å². The van der Waals surface area contributed by atoms with Crippen molar-refractivity contribution in [2.24, 2.45) is 0 Å². The van der Waals surface area contributed by atoms with Gasteiger partial charge in [0.1, 0.15) is 0 Å². The lowest BCUT2D eigenvalue weighted by molar-refractivity contribution is -0.137. The number of benzene rings is 2. The quantitative estimate of drug-likeness (QED) is 0.657. The van der Waals surface area contributed by atoms with Gasteiger partial charge >= 0.3 is 6.18 Å². The molecule has 0 nitrogen and oxygen atoms in total. The van der Waals surface area contributed by atoms with Gasteiger partial charge in [0, 0.05) is 11.1 Å². The summed E-state index contributed by atoms with van der Waals surface area (Å²) < 4.78 is 37.2. The Morgan fingerprint density at radius 2 is 1.25 bits per heavy atom. The van der Waals surface area contributed by atoms with Crippen LogP contribution in [-0.2, 0) is 6.18 Å². The highest BCUT2D eigenvalue weighted by Crippen LogP contribution is 2.28. The van der Waals surface area contributed by atoms with Crippen LogP contribution < -0.4 is 0 Å². The zero-order valence-corrected chi connectivity index (χ0v) is 10.5. The summed E-state index contributed by atoms with van der Waals surface area (Å²) in [7, 11) is 0. The zero-order chi connectivity index (χ0) is 14.6. The highest BCUT2D eigenvalue weighted by molar-refractivity contribution is 5.50. The monoisotopic (exact) mass is 272 g/mol. The Bertz CT molecular complexity index is 651. The van der Waals surface area contributed by atoms with Crippen LogP contribution in [0.25, 0.3) is 6.08 Å².